The third kappa shape index (κ3) is 3.54. The number of hydrogen-bond donors (Lipinski definition) is 1. The number of nitrogens with zero attached hydrogens (tertiary/aromatic N) is 2. The largest absolute Gasteiger partial charge is 0.375 e. The normalized spacial score (nSPS) is 24.2. The molecule has 1 unspecified atom stereocenters. The Balaban J connectivity index is 0.00000144. The number of hydrogen-bond acceptors (Lipinski definition) is 6. The molecule has 0 bridgehead atoms. The van der Waals surface area contributed by atoms with Crippen molar-refractivity contribution in [3.63, 3.8) is 0 Å². The Morgan fingerprint density at radius 3 is 2.88 bits per heavy atom. The van der Waals surface area contributed by atoms with Crippen molar-refractivity contribution < 1.29 is 8.42 Å². The standard InChI is InChI=1S/C9H15N3O2S2.ClH/c1-7-5-12(2-3-16(7,13)14)6-8-4-11-9(10)15-8;/h4,7H,2-3,5-6H2,1H3,(H2,10,11);1H. The molecular formula is C9H16ClN3O2S2. The fraction of sp³-hybridized carbons (Fsp3) is 0.667. The average Bonchev–Trinajstić information content (AvgIpc) is 2.58. The summed E-state index contributed by atoms with van der Waals surface area (Å²) in [5, 5.41) is 0.291. The van der Waals surface area contributed by atoms with Gasteiger partial charge in [-0.3, -0.25) is 4.90 Å². The van der Waals surface area contributed by atoms with Gasteiger partial charge in [-0.2, -0.15) is 0 Å². The first-order chi connectivity index (χ1) is 7.47. The average molecular weight is 298 g/mol. The van der Waals surface area contributed by atoms with Gasteiger partial charge in [-0.15, -0.1) is 23.7 Å². The molecule has 1 atom stereocenters. The van der Waals surface area contributed by atoms with Crippen LogP contribution in [0.1, 0.15) is 11.8 Å². The number of sulfone groups is 1. The lowest BCUT2D eigenvalue weighted by atomic mass is 10.3. The molecule has 0 spiro atoms. The number of anilines is 1. The Bertz CT molecular complexity index is 474. The summed E-state index contributed by atoms with van der Waals surface area (Å²) < 4.78 is 23.1. The fourth-order valence-electron chi connectivity index (χ4n) is 1.79. The summed E-state index contributed by atoms with van der Waals surface area (Å²) in [6, 6.07) is 0. The first-order valence-corrected chi connectivity index (χ1v) is 7.64. The predicted octanol–water partition coefficient (Wildman–Crippen LogP) is 0.766. The molecule has 2 heterocycles. The van der Waals surface area contributed by atoms with Crippen LogP contribution in [0, 0.1) is 0 Å². The van der Waals surface area contributed by atoms with E-state index >= 15 is 0 Å². The molecule has 2 N–H and O–H groups in total. The molecule has 1 aliphatic rings. The van der Waals surface area contributed by atoms with E-state index in [2.05, 4.69) is 9.88 Å². The number of thiazole rings is 1. The highest BCUT2D eigenvalue weighted by Gasteiger charge is 2.29. The summed E-state index contributed by atoms with van der Waals surface area (Å²) in [5.74, 6) is 0.252. The van der Waals surface area contributed by atoms with Crippen molar-refractivity contribution in [3.05, 3.63) is 11.1 Å². The van der Waals surface area contributed by atoms with Crippen LogP contribution < -0.4 is 5.73 Å². The molecule has 1 saturated heterocycles. The zero-order valence-electron chi connectivity index (χ0n) is 9.50. The van der Waals surface area contributed by atoms with Gasteiger partial charge in [0.15, 0.2) is 15.0 Å². The van der Waals surface area contributed by atoms with Gasteiger partial charge in [0.05, 0.1) is 11.0 Å². The highest BCUT2D eigenvalue weighted by atomic mass is 35.5. The second kappa shape index (κ2) is 5.51. The van der Waals surface area contributed by atoms with Crippen LogP contribution in [0.4, 0.5) is 5.13 Å². The van der Waals surface area contributed by atoms with Crippen LogP contribution in [0.3, 0.4) is 0 Å². The Labute approximate surface area is 111 Å². The smallest absolute Gasteiger partial charge is 0.180 e. The van der Waals surface area contributed by atoms with Gasteiger partial charge in [0.2, 0.25) is 0 Å². The molecule has 17 heavy (non-hydrogen) atoms. The second-order valence-electron chi connectivity index (χ2n) is 4.08. The number of rotatable bonds is 2. The maximum absolute atomic E-state index is 11.5. The SMILES string of the molecule is CC1CN(Cc2cnc(N)s2)CCS1(=O)=O.Cl. The zero-order valence-corrected chi connectivity index (χ0v) is 11.9. The van der Waals surface area contributed by atoms with E-state index < -0.39 is 9.84 Å². The lowest BCUT2D eigenvalue weighted by molar-refractivity contribution is 0.272. The van der Waals surface area contributed by atoms with Gasteiger partial charge in [-0.1, -0.05) is 0 Å². The van der Waals surface area contributed by atoms with Crippen LogP contribution in [-0.2, 0) is 16.4 Å². The molecule has 5 nitrogen and oxygen atoms in total. The van der Waals surface area contributed by atoms with E-state index in [-0.39, 0.29) is 23.4 Å². The van der Waals surface area contributed by atoms with Crippen molar-refractivity contribution in [1.82, 2.24) is 9.88 Å². The molecule has 1 fully saturated rings. The van der Waals surface area contributed by atoms with Crippen molar-refractivity contribution in [2.24, 2.45) is 0 Å². The highest BCUT2D eigenvalue weighted by molar-refractivity contribution is 7.92. The Kier molecular flexibility index (Phi) is 4.77. The van der Waals surface area contributed by atoms with E-state index in [9.17, 15) is 8.42 Å². The van der Waals surface area contributed by atoms with Crippen LogP contribution in [0.25, 0.3) is 0 Å². The third-order valence-corrected chi connectivity index (χ3v) is 5.71. The quantitative estimate of drug-likeness (QED) is 0.872. The van der Waals surface area contributed by atoms with Crippen LogP contribution in [0.2, 0.25) is 0 Å². The summed E-state index contributed by atoms with van der Waals surface area (Å²) in [4.78, 5) is 7.21. The van der Waals surface area contributed by atoms with Crippen molar-refractivity contribution in [1.29, 1.82) is 0 Å². The molecule has 0 radical (unpaired) electrons. The lowest BCUT2D eigenvalue weighted by Crippen LogP contribution is -2.44. The van der Waals surface area contributed by atoms with Crippen LogP contribution in [0.5, 0.6) is 0 Å². The molecule has 0 aromatic carbocycles. The molecule has 1 aromatic heterocycles. The minimum atomic E-state index is -2.86. The van der Waals surface area contributed by atoms with Crippen molar-refractivity contribution in [2.75, 3.05) is 24.6 Å². The number of nitrogens with two attached hydrogens (primary N) is 1. The number of halogens is 1. The van der Waals surface area contributed by atoms with E-state index in [1.807, 2.05) is 0 Å². The van der Waals surface area contributed by atoms with E-state index in [0.717, 1.165) is 11.4 Å². The van der Waals surface area contributed by atoms with Gasteiger partial charge in [0.25, 0.3) is 0 Å². The van der Waals surface area contributed by atoms with Crippen LogP contribution >= 0.6 is 23.7 Å². The zero-order chi connectivity index (χ0) is 11.8. The van der Waals surface area contributed by atoms with E-state index in [4.69, 9.17) is 5.73 Å². The molecule has 1 aromatic rings. The predicted molar refractivity (Wildman–Crippen MR) is 72.3 cm³/mol. The molecule has 0 saturated carbocycles. The Morgan fingerprint density at radius 1 is 1.65 bits per heavy atom. The highest BCUT2D eigenvalue weighted by Crippen LogP contribution is 2.19. The van der Waals surface area contributed by atoms with Gasteiger partial charge in [0.1, 0.15) is 0 Å². The van der Waals surface area contributed by atoms with Crippen LogP contribution in [0.15, 0.2) is 6.20 Å². The van der Waals surface area contributed by atoms with E-state index in [1.54, 1.807) is 13.1 Å². The summed E-state index contributed by atoms with van der Waals surface area (Å²) >= 11 is 1.46. The van der Waals surface area contributed by atoms with Crippen molar-refractivity contribution >= 4 is 38.7 Å². The van der Waals surface area contributed by atoms with Gasteiger partial charge < -0.3 is 5.73 Å². The Hall–Kier alpha value is -0.370. The number of nitrogen functional groups attached to an aromatic ring is 1. The summed E-state index contributed by atoms with van der Waals surface area (Å²) in [5.41, 5.74) is 5.55. The van der Waals surface area contributed by atoms with Crippen molar-refractivity contribution in [2.45, 2.75) is 18.7 Å². The van der Waals surface area contributed by atoms with Gasteiger partial charge >= 0.3 is 0 Å². The summed E-state index contributed by atoms with van der Waals surface area (Å²) in [6.45, 7) is 3.71. The van der Waals surface area contributed by atoms with Crippen LogP contribution in [-0.4, -0.2) is 42.4 Å². The maximum Gasteiger partial charge on any atom is 0.180 e. The third-order valence-electron chi connectivity index (χ3n) is 2.77. The molecule has 8 heteroatoms. The van der Waals surface area contributed by atoms with Gasteiger partial charge in [-0.25, -0.2) is 13.4 Å². The van der Waals surface area contributed by atoms with E-state index in [1.165, 1.54) is 11.3 Å². The molecule has 1 aliphatic heterocycles. The van der Waals surface area contributed by atoms with Gasteiger partial charge in [0, 0.05) is 30.7 Å². The van der Waals surface area contributed by atoms with Crippen molar-refractivity contribution in [3.8, 4) is 0 Å². The Morgan fingerprint density at radius 2 is 2.35 bits per heavy atom. The van der Waals surface area contributed by atoms with Gasteiger partial charge in [-0.05, 0) is 6.92 Å². The first kappa shape index (κ1) is 14.7. The monoisotopic (exact) mass is 297 g/mol. The minimum absolute atomic E-state index is 0. The first-order valence-electron chi connectivity index (χ1n) is 5.11. The molecule has 98 valence electrons. The minimum Gasteiger partial charge on any atom is -0.375 e. The topological polar surface area (TPSA) is 76.3 Å². The molecular weight excluding hydrogens is 282 g/mol. The number of aromatic nitrogens is 1. The summed E-state index contributed by atoms with van der Waals surface area (Å²) in [6.07, 6.45) is 1.76. The maximum atomic E-state index is 11.5. The van der Waals surface area contributed by atoms with E-state index in [0.29, 0.717) is 18.2 Å². The summed E-state index contributed by atoms with van der Waals surface area (Å²) in [7, 11) is -2.86. The second-order valence-corrected chi connectivity index (χ2v) is 7.76. The fourth-order valence-corrected chi connectivity index (χ4v) is 3.87. The molecule has 0 aliphatic carbocycles. The molecule has 2 rings (SSSR count). The molecule has 0 amide bonds. The lowest BCUT2D eigenvalue weighted by Gasteiger charge is -2.30.